The smallest absolute Gasteiger partial charge is 0.317 e. The van der Waals surface area contributed by atoms with Crippen LogP contribution in [-0.4, -0.2) is 53.5 Å². The van der Waals surface area contributed by atoms with E-state index < -0.39 is 0 Å². The Kier molecular flexibility index (Phi) is 3.91. The van der Waals surface area contributed by atoms with Gasteiger partial charge in [-0.1, -0.05) is 0 Å². The Morgan fingerprint density at radius 2 is 2.21 bits per heavy atom. The number of aromatic nitrogens is 6. The highest BCUT2D eigenvalue weighted by molar-refractivity contribution is 5.74. The summed E-state index contributed by atoms with van der Waals surface area (Å²) in [5.41, 5.74) is 0. The molecule has 0 radical (unpaired) electrons. The van der Waals surface area contributed by atoms with E-state index in [9.17, 15) is 4.79 Å². The minimum Gasteiger partial charge on any atom is -0.331 e. The third-order valence-electron chi connectivity index (χ3n) is 4.90. The highest BCUT2D eigenvalue weighted by Crippen LogP contribution is 2.25. The molecule has 1 N–H and O–H groups in total. The topological polar surface area (TPSA) is 93.8 Å². The van der Waals surface area contributed by atoms with Crippen molar-refractivity contribution in [1.82, 2.24) is 39.7 Å². The number of nitrogens with zero attached hydrogens (tertiary/aromatic N) is 7. The minimum atomic E-state index is -0.0442. The number of carbonyl (C=O) groups is 1. The molecule has 4 heterocycles. The summed E-state index contributed by atoms with van der Waals surface area (Å²) >= 11 is 0. The maximum atomic E-state index is 12.5. The van der Waals surface area contributed by atoms with Crippen LogP contribution in [-0.2, 0) is 26.6 Å². The van der Waals surface area contributed by atoms with Gasteiger partial charge in [-0.3, -0.25) is 0 Å². The quantitative estimate of drug-likeness (QED) is 0.881. The van der Waals surface area contributed by atoms with Gasteiger partial charge in [0.1, 0.15) is 18.0 Å². The Labute approximate surface area is 140 Å². The van der Waals surface area contributed by atoms with Crippen LogP contribution < -0.4 is 5.32 Å². The van der Waals surface area contributed by atoms with Gasteiger partial charge in [-0.15, -0.1) is 20.4 Å². The van der Waals surface area contributed by atoms with Gasteiger partial charge in [0.2, 0.25) is 0 Å². The first-order chi connectivity index (χ1) is 11.7. The summed E-state index contributed by atoms with van der Waals surface area (Å²) in [4.78, 5) is 14.4. The lowest BCUT2D eigenvalue weighted by molar-refractivity contribution is 0.177. The zero-order valence-corrected chi connectivity index (χ0v) is 13.9. The Bertz CT molecular complexity index is 736. The van der Waals surface area contributed by atoms with Crippen molar-refractivity contribution in [1.29, 1.82) is 0 Å². The van der Waals surface area contributed by atoms with E-state index in [1.165, 1.54) is 0 Å². The predicted molar refractivity (Wildman–Crippen MR) is 85.1 cm³/mol. The second-order valence-electron chi connectivity index (χ2n) is 6.53. The van der Waals surface area contributed by atoms with Gasteiger partial charge in [-0.05, 0) is 19.3 Å². The number of likely N-dealkylation sites (tertiary alicyclic amines) is 1. The van der Waals surface area contributed by atoms with Crippen molar-refractivity contribution in [3.05, 3.63) is 23.8 Å². The van der Waals surface area contributed by atoms with E-state index in [2.05, 4.69) is 30.3 Å². The maximum Gasteiger partial charge on any atom is 0.317 e. The number of urea groups is 1. The van der Waals surface area contributed by atoms with Crippen molar-refractivity contribution in [2.75, 3.05) is 13.1 Å². The summed E-state index contributed by atoms with van der Waals surface area (Å²) in [6.45, 7) is 2.83. The number of aryl methyl sites for hydroxylation is 2. The van der Waals surface area contributed by atoms with Gasteiger partial charge in [0.15, 0.2) is 5.82 Å². The number of rotatable bonds is 3. The Morgan fingerprint density at radius 1 is 1.29 bits per heavy atom. The van der Waals surface area contributed by atoms with E-state index in [0.717, 1.165) is 56.2 Å². The number of hydrogen-bond acceptors (Lipinski definition) is 5. The summed E-state index contributed by atoms with van der Waals surface area (Å²) in [5.74, 6) is 3.06. The fraction of sp³-hybridized carbons (Fsp3) is 0.667. The van der Waals surface area contributed by atoms with Crippen LogP contribution in [0.15, 0.2) is 6.33 Å². The predicted octanol–water partition coefficient (Wildman–Crippen LogP) is 0.442. The third-order valence-corrected chi connectivity index (χ3v) is 4.90. The maximum absolute atomic E-state index is 12.5. The molecule has 1 fully saturated rings. The van der Waals surface area contributed by atoms with Crippen molar-refractivity contribution in [3.8, 4) is 0 Å². The number of carbonyl (C=O) groups excluding carboxylic acids is 1. The second kappa shape index (κ2) is 6.21. The monoisotopic (exact) mass is 330 g/mol. The van der Waals surface area contributed by atoms with Crippen molar-refractivity contribution in [2.24, 2.45) is 7.05 Å². The Hall–Kier alpha value is -2.45. The normalized spacial score (nSPS) is 20.2. The van der Waals surface area contributed by atoms with Crippen molar-refractivity contribution in [3.63, 3.8) is 0 Å². The molecular formula is C15H22N8O. The summed E-state index contributed by atoms with van der Waals surface area (Å²) in [6.07, 6.45) is 5.81. The van der Waals surface area contributed by atoms with Crippen LogP contribution >= 0.6 is 0 Å². The molecule has 24 heavy (non-hydrogen) atoms. The molecule has 128 valence electrons. The summed E-state index contributed by atoms with van der Waals surface area (Å²) in [6, 6.07) is -0.0442. The first-order valence-electron chi connectivity index (χ1n) is 8.50. The Morgan fingerprint density at radius 3 is 3.04 bits per heavy atom. The molecule has 0 aliphatic carbocycles. The lowest BCUT2D eigenvalue weighted by Crippen LogP contribution is -2.45. The van der Waals surface area contributed by atoms with Crippen molar-refractivity contribution < 1.29 is 4.79 Å². The molecule has 4 rings (SSSR count). The van der Waals surface area contributed by atoms with Gasteiger partial charge in [0.25, 0.3) is 0 Å². The standard InChI is InChI=1S/C15H22N8O/c1-21-10-17-20-14(21)11-4-2-6-22(9-11)15(24)16-8-13-19-18-12-5-3-7-23(12)13/h10-11H,2-9H2,1H3,(H,16,24)/t11-/m1/s1. The van der Waals surface area contributed by atoms with E-state index in [0.29, 0.717) is 13.1 Å². The zero-order chi connectivity index (χ0) is 16.5. The average Bonchev–Trinajstić information content (AvgIpc) is 3.30. The molecule has 1 saturated heterocycles. The van der Waals surface area contributed by atoms with Crippen molar-refractivity contribution in [2.45, 2.75) is 44.7 Å². The SMILES string of the molecule is Cn1cnnc1[C@@H]1CCCN(C(=O)NCc2nnc3n2CCC3)C1. The highest BCUT2D eigenvalue weighted by Gasteiger charge is 2.27. The summed E-state index contributed by atoms with van der Waals surface area (Å²) in [7, 11) is 1.94. The molecular weight excluding hydrogens is 308 g/mol. The Balaban J connectivity index is 1.36. The van der Waals surface area contributed by atoms with Crippen LogP contribution in [0, 0.1) is 0 Å². The molecule has 2 amide bonds. The van der Waals surface area contributed by atoms with Crippen LogP contribution in [0.2, 0.25) is 0 Å². The van der Waals surface area contributed by atoms with E-state index in [1.54, 1.807) is 6.33 Å². The molecule has 2 aromatic rings. The fourth-order valence-electron chi connectivity index (χ4n) is 3.64. The molecule has 9 nitrogen and oxygen atoms in total. The number of piperidine rings is 1. The largest absolute Gasteiger partial charge is 0.331 e. The van der Waals surface area contributed by atoms with Crippen LogP contribution in [0.25, 0.3) is 0 Å². The van der Waals surface area contributed by atoms with Gasteiger partial charge in [-0.25, -0.2) is 4.79 Å². The van der Waals surface area contributed by atoms with E-state index >= 15 is 0 Å². The first-order valence-corrected chi connectivity index (χ1v) is 8.50. The van der Waals surface area contributed by atoms with Crippen LogP contribution in [0.5, 0.6) is 0 Å². The van der Waals surface area contributed by atoms with Crippen LogP contribution in [0.3, 0.4) is 0 Å². The number of nitrogens with one attached hydrogen (secondary N) is 1. The second-order valence-corrected chi connectivity index (χ2v) is 6.53. The van der Waals surface area contributed by atoms with Gasteiger partial charge >= 0.3 is 6.03 Å². The van der Waals surface area contributed by atoms with E-state index in [4.69, 9.17) is 0 Å². The summed E-state index contributed by atoms with van der Waals surface area (Å²) in [5, 5.41) is 19.5. The van der Waals surface area contributed by atoms with Gasteiger partial charge in [0.05, 0.1) is 6.54 Å². The number of amides is 2. The van der Waals surface area contributed by atoms with Gasteiger partial charge in [-0.2, -0.15) is 0 Å². The summed E-state index contributed by atoms with van der Waals surface area (Å²) < 4.78 is 4.05. The van der Waals surface area contributed by atoms with E-state index in [1.807, 2.05) is 16.5 Å². The minimum absolute atomic E-state index is 0.0442. The molecule has 0 spiro atoms. The molecule has 1 atom stereocenters. The molecule has 2 aromatic heterocycles. The fourth-order valence-corrected chi connectivity index (χ4v) is 3.64. The molecule has 2 aliphatic rings. The van der Waals surface area contributed by atoms with Gasteiger partial charge < -0.3 is 19.4 Å². The van der Waals surface area contributed by atoms with Crippen LogP contribution in [0.4, 0.5) is 4.79 Å². The molecule has 0 saturated carbocycles. The first kappa shape index (κ1) is 15.1. The van der Waals surface area contributed by atoms with Crippen LogP contribution in [0.1, 0.15) is 42.7 Å². The zero-order valence-electron chi connectivity index (χ0n) is 13.9. The van der Waals surface area contributed by atoms with Gasteiger partial charge in [0, 0.05) is 39.0 Å². The van der Waals surface area contributed by atoms with E-state index in [-0.39, 0.29) is 11.9 Å². The third kappa shape index (κ3) is 2.74. The molecule has 0 bridgehead atoms. The molecule has 2 aliphatic heterocycles. The molecule has 0 aromatic carbocycles. The van der Waals surface area contributed by atoms with Crippen molar-refractivity contribution >= 4 is 6.03 Å². The number of hydrogen-bond donors (Lipinski definition) is 1. The lowest BCUT2D eigenvalue weighted by atomic mass is 9.97. The average molecular weight is 330 g/mol. The molecule has 9 heteroatoms. The highest BCUT2D eigenvalue weighted by atomic mass is 16.2. The lowest BCUT2D eigenvalue weighted by Gasteiger charge is -2.32. The number of fused-ring (bicyclic) bond motifs is 1. The molecule has 0 unspecified atom stereocenters.